The first-order chi connectivity index (χ1) is 5.64. The molecule has 0 saturated heterocycles. The molecule has 12 heavy (non-hydrogen) atoms. The van der Waals surface area contributed by atoms with Gasteiger partial charge in [-0.2, -0.15) is 0 Å². The van der Waals surface area contributed by atoms with Crippen LogP contribution in [0.2, 0.25) is 0 Å². The van der Waals surface area contributed by atoms with Gasteiger partial charge in [0.2, 0.25) is 0 Å². The molecule has 0 radical (unpaired) electrons. The van der Waals surface area contributed by atoms with Gasteiger partial charge in [-0.05, 0) is 25.2 Å². The molecule has 0 aromatic rings. The van der Waals surface area contributed by atoms with Gasteiger partial charge in [0.15, 0.2) is 0 Å². The summed E-state index contributed by atoms with van der Waals surface area (Å²) in [6.07, 6.45) is 4.03. The van der Waals surface area contributed by atoms with Crippen LogP contribution in [0.15, 0.2) is 0 Å². The first kappa shape index (κ1) is 10.0. The Labute approximate surface area is 75.2 Å². The van der Waals surface area contributed by atoms with Crippen LogP contribution in [0.4, 0.5) is 0 Å². The number of nitrogens with two attached hydrogens (primary N) is 1. The van der Waals surface area contributed by atoms with E-state index in [0.717, 1.165) is 31.6 Å². The summed E-state index contributed by atoms with van der Waals surface area (Å²) in [6.45, 7) is 4.99. The summed E-state index contributed by atoms with van der Waals surface area (Å²) in [7, 11) is 0. The van der Waals surface area contributed by atoms with Gasteiger partial charge in [-0.1, -0.05) is 20.3 Å². The van der Waals surface area contributed by atoms with E-state index in [4.69, 9.17) is 5.73 Å². The van der Waals surface area contributed by atoms with Crippen molar-refractivity contribution in [3.05, 3.63) is 0 Å². The second kappa shape index (κ2) is 3.75. The fraction of sp³-hybridized carbons (Fsp3) is 1.00. The van der Waals surface area contributed by atoms with Crippen LogP contribution in [0.25, 0.3) is 0 Å². The molecule has 1 saturated carbocycles. The van der Waals surface area contributed by atoms with Crippen molar-refractivity contribution in [3.8, 4) is 0 Å². The molecule has 1 fully saturated rings. The molecule has 3 N–H and O–H groups in total. The van der Waals surface area contributed by atoms with E-state index in [9.17, 15) is 5.11 Å². The molecule has 0 aromatic heterocycles. The lowest BCUT2D eigenvalue weighted by atomic mass is 9.59. The van der Waals surface area contributed by atoms with E-state index < -0.39 is 0 Å². The van der Waals surface area contributed by atoms with Crippen molar-refractivity contribution in [1.82, 2.24) is 0 Å². The van der Waals surface area contributed by atoms with Gasteiger partial charge in [-0.15, -0.1) is 0 Å². The molecule has 2 nitrogen and oxygen atoms in total. The van der Waals surface area contributed by atoms with E-state index in [1.54, 1.807) is 0 Å². The van der Waals surface area contributed by atoms with Crippen molar-refractivity contribution < 1.29 is 5.11 Å². The monoisotopic (exact) mass is 171 g/mol. The third-order valence-electron chi connectivity index (χ3n) is 3.19. The zero-order valence-corrected chi connectivity index (χ0v) is 8.21. The third-order valence-corrected chi connectivity index (χ3v) is 3.19. The molecule has 0 heterocycles. The average Bonchev–Trinajstić information content (AvgIpc) is 1.98. The van der Waals surface area contributed by atoms with Gasteiger partial charge in [0.25, 0.3) is 0 Å². The fourth-order valence-electron chi connectivity index (χ4n) is 2.48. The second-order valence-corrected chi connectivity index (χ2v) is 4.38. The number of aliphatic hydroxyl groups is 1. The Morgan fingerprint density at radius 1 is 1.58 bits per heavy atom. The smallest absolute Gasteiger partial charge is 0.0608 e. The first-order valence-corrected chi connectivity index (χ1v) is 5.02. The number of hydrogen-bond donors (Lipinski definition) is 2. The van der Waals surface area contributed by atoms with Crippen LogP contribution in [0.1, 0.15) is 39.5 Å². The van der Waals surface area contributed by atoms with Gasteiger partial charge in [-0.25, -0.2) is 0 Å². The standard InChI is InChI=1S/C10H21NO/c1-3-4-9(12)10(7-11)5-8(2)6-10/h8-9,12H,3-7,11H2,1-2H3/t8?,9-,10?/m1/s1. The van der Waals surface area contributed by atoms with Gasteiger partial charge in [0.1, 0.15) is 0 Å². The van der Waals surface area contributed by atoms with E-state index in [-0.39, 0.29) is 11.5 Å². The van der Waals surface area contributed by atoms with Crippen molar-refractivity contribution in [1.29, 1.82) is 0 Å². The number of hydrogen-bond acceptors (Lipinski definition) is 2. The summed E-state index contributed by atoms with van der Waals surface area (Å²) in [5, 5.41) is 9.86. The minimum atomic E-state index is -0.163. The third kappa shape index (κ3) is 1.64. The van der Waals surface area contributed by atoms with Crippen molar-refractivity contribution in [2.45, 2.75) is 45.6 Å². The highest BCUT2D eigenvalue weighted by molar-refractivity contribution is 4.97. The van der Waals surface area contributed by atoms with E-state index in [2.05, 4.69) is 13.8 Å². The maximum atomic E-state index is 9.86. The van der Waals surface area contributed by atoms with Crippen LogP contribution in [0.3, 0.4) is 0 Å². The predicted molar refractivity (Wildman–Crippen MR) is 50.8 cm³/mol. The Bertz CT molecular complexity index is 141. The molecule has 0 bridgehead atoms. The largest absolute Gasteiger partial charge is 0.393 e. The summed E-state index contributed by atoms with van der Waals surface area (Å²) in [5.41, 5.74) is 5.78. The number of rotatable bonds is 4. The molecule has 0 amide bonds. The lowest BCUT2D eigenvalue weighted by Gasteiger charge is -2.49. The van der Waals surface area contributed by atoms with Crippen molar-refractivity contribution >= 4 is 0 Å². The van der Waals surface area contributed by atoms with Gasteiger partial charge in [0.05, 0.1) is 6.10 Å². The highest BCUT2D eigenvalue weighted by Gasteiger charge is 2.45. The van der Waals surface area contributed by atoms with Crippen LogP contribution in [-0.4, -0.2) is 17.8 Å². The van der Waals surface area contributed by atoms with Crippen LogP contribution < -0.4 is 5.73 Å². The molecule has 1 rings (SSSR count). The summed E-state index contributed by atoms with van der Waals surface area (Å²) >= 11 is 0. The molecule has 0 spiro atoms. The second-order valence-electron chi connectivity index (χ2n) is 4.38. The zero-order chi connectivity index (χ0) is 9.19. The maximum absolute atomic E-state index is 9.86. The topological polar surface area (TPSA) is 46.2 Å². The van der Waals surface area contributed by atoms with E-state index in [1.165, 1.54) is 0 Å². The van der Waals surface area contributed by atoms with Crippen molar-refractivity contribution in [2.24, 2.45) is 17.1 Å². The molecule has 0 unspecified atom stereocenters. The lowest BCUT2D eigenvalue weighted by Crippen LogP contribution is -2.50. The summed E-state index contributed by atoms with van der Waals surface area (Å²) < 4.78 is 0. The van der Waals surface area contributed by atoms with E-state index in [1.807, 2.05) is 0 Å². The van der Waals surface area contributed by atoms with Gasteiger partial charge in [0, 0.05) is 12.0 Å². The quantitative estimate of drug-likeness (QED) is 0.673. The van der Waals surface area contributed by atoms with Gasteiger partial charge < -0.3 is 10.8 Å². The normalized spacial score (nSPS) is 37.5. The molecule has 2 heteroatoms. The average molecular weight is 171 g/mol. The SMILES string of the molecule is CCC[C@@H](O)C1(CN)CC(C)C1. The predicted octanol–water partition coefficient (Wildman–Crippen LogP) is 1.52. The van der Waals surface area contributed by atoms with Crippen LogP contribution in [-0.2, 0) is 0 Å². The Kier molecular flexibility index (Phi) is 3.13. The highest BCUT2D eigenvalue weighted by Crippen LogP contribution is 2.48. The molecular weight excluding hydrogens is 150 g/mol. The van der Waals surface area contributed by atoms with Crippen molar-refractivity contribution in [3.63, 3.8) is 0 Å². The minimum absolute atomic E-state index is 0.0788. The Balaban J connectivity index is 2.45. The summed E-state index contributed by atoms with van der Waals surface area (Å²) in [5.74, 6) is 0.764. The molecule has 0 aliphatic heterocycles. The molecule has 1 atom stereocenters. The maximum Gasteiger partial charge on any atom is 0.0608 e. The summed E-state index contributed by atoms with van der Waals surface area (Å²) in [6, 6.07) is 0. The summed E-state index contributed by atoms with van der Waals surface area (Å²) in [4.78, 5) is 0. The molecule has 1 aliphatic rings. The molecular formula is C10H21NO. The lowest BCUT2D eigenvalue weighted by molar-refractivity contribution is -0.0617. The highest BCUT2D eigenvalue weighted by atomic mass is 16.3. The van der Waals surface area contributed by atoms with Crippen molar-refractivity contribution in [2.75, 3.05) is 6.54 Å². The van der Waals surface area contributed by atoms with Gasteiger partial charge >= 0.3 is 0 Å². The Hall–Kier alpha value is -0.0800. The van der Waals surface area contributed by atoms with Gasteiger partial charge in [-0.3, -0.25) is 0 Å². The van der Waals surface area contributed by atoms with Crippen LogP contribution >= 0.6 is 0 Å². The molecule has 72 valence electrons. The Morgan fingerprint density at radius 2 is 2.17 bits per heavy atom. The number of aliphatic hydroxyl groups excluding tert-OH is 1. The first-order valence-electron chi connectivity index (χ1n) is 5.02. The molecule has 1 aliphatic carbocycles. The minimum Gasteiger partial charge on any atom is -0.393 e. The fourth-order valence-corrected chi connectivity index (χ4v) is 2.48. The van der Waals surface area contributed by atoms with Crippen LogP contribution in [0, 0.1) is 11.3 Å². The Morgan fingerprint density at radius 3 is 2.50 bits per heavy atom. The van der Waals surface area contributed by atoms with Crippen LogP contribution in [0.5, 0.6) is 0 Å². The zero-order valence-electron chi connectivity index (χ0n) is 8.21. The van der Waals surface area contributed by atoms with E-state index in [0.29, 0.717) is 6.54 Å². The molecule has 0 aromatic carbocycles. The van der Waals surface area contributed by atoms with E-state index >= 15 is 0 Å².